The molecule has 11 atom stereocenters. The van der Waals surface area contributed by atoms with Crippen LogP contribution in [0.25, 0.3) is 0 Å². The van der Waals surface area contributed by atoms with Gasteiger partial charge in [0, 0.05) is 23.3 Å². The third kappa shape index (κ3) is 5.90. The number of ketones is 1. The molecule has 2 bridgehead atoms. The lowest BCUT2D eigenvalue weighted by molar-refractivity contribution is -0.220. The molecule has 1 saturated heterocycles. The van der Waals surface area contributed by atoms with E-state index in [0.717, 1.165) is 57.2 Å². The number of carbonyl (C=O) groups is 3. The summed E-state index contributed by atoms with van der Waals surface area (Å²) in [6.07, 6.45) is 5.13. The molecule has 0 amide bonds. The SMILES string of the molecule is CCC(CO[C@@H]1C2COC[C@]3(C[C@H]1OC(=O)O)C1=CC(=O)C4C(CCC(CC(C)C)[C@H]4C(=O)O)C1CCC23)N(CC)CC. The van der Waals surface area contributed by atoms with Gasteiger partial charge in [-0.2, -0.15) is 0 Å². The number of aliphatic carboxylic acids is 1. The number of nitrogens with zero attached hydrogens (tertiary/aromatic N) is 1. The Morgan fingerprint density at radius 2 is 1.84 bits per heavy atom. The standard InChI is InChI=1S/C34H53NO8/c1-6-21(35(7-2)8-3)16-42-31-24-17-41-18-34(15-28(31)43-33(39)40)25(24)12-11-22-23-10-9-20(13-19(4)5)29(32(37)38)30(23)27(36)14-26(22)34/h14,19-25,28-31H,6-13,15-18H2,1-5H3,(H,37,38)(H,39,40)/t20?,21?,22?,23?,24?,25?,28-,29-,30?,31-,34+/m1/s1. The second kappa shape index (κ2) is 13.2. The number of fused-ring (bicyclic) bond motifs is 3. The van der Waals surface area contributed by atoms with Gasteiger partial charge in [-0.1, -0.05) is 40.2 Å². The average Bonchev–Trinajstić information content (AvgIpc) is 2.95. The number of rotatable bonds is 11. The van der Waals surface area contributed by atoms with Gasteiger partial charge in [-0.25, -0.2) is 4.79 Å². The Labute approximate surface area is 256 Å². The maximum absolute atomic E-state index is 14.0. The van der Waals surface area contributed by atoms with Gasteiger partial charge in [0.25, 0.3) is 0 Å². The number of allylic oxidation sites excluding steroid dienone is 1. The minimum atomic E-state index is -1.31. The maximum atomic E-state index is 14.0. The first-order valence-electron chi connectivity index (χ1n) is 16.9. The van der Waals surface area contributed by atoms with E-state index in [2.05, 4.69) is 39.5 Å². The summed E-state index contributed by atoms with van der Waals surface area (Å²) in [5.41, 5.74) is 0.571. The second-order valence-electron chi connectivity index (χ2n) is 14.4. The molecule has 9 heteroatoms. The minimum absolute atomic E-state index is 0.0000811. The predicted octanol–water partition coefficient (Wildman–Crippen LogP) is 5.52. The van der Waals surface area contributed by atoms with E-state index in [4.69, 9.17) is 14.2 Å². The number of ether oxygens (including phenoxy) is 3. The summed E-state index contributed by atoms with van der Waals surface area (Å²) >= 11 is 0. The molecule has 1 heterocycles. The van der Waals surface area contributed by atoms with Crippen LogP contribution in [0.4, 0.5) is 4.79 Å². The predicted molar refractivity (Wildman–Crippen MR) is 161 cm³/mol. The van der Waals surface area contributed by atoms with Crippen LogP contribution in [0.2, 0.25) is 0 Å². The molecular weight excluding hydrogens is 550 g/mol. The fourth-order valence-corrected chi connectivity index (χ4v) is 10.3. The van der Waals surface area contributed by atoms with Crippen LogP contribution in [0.5, 0.6) is 0 Å². The van der Waals surface area contributed by atoms with Crippen LogP contribution < -0.4 is 0 Å². The van der Waals surface area contributed by atoms with Crippen LogP contribution in [0.15, 0.2) is 11.6 Å². The van der Waals surface area contributed by atoms with Crippen molar-refractivity contribution >= 4 is 17.9 Å². The van der Waals surface area contributed by atoms with Crippen molar-refractivity contribution in [2.24, 2.45) is 52.8 Å². The van der Waals surface area contributed by atoms with Gasteiger partial charge in [-0.05, 0) is 93.7 Å². The van der Waals surface area contributed by atoms with Crippen molar-refractivity contribution in [3.8, 4) is 0 Å². The van der Waals surface area contributed by atoms with Crippen LogP contribution in [-0.4, -0.2) is 84.2 Å². The smallest absolute Gasteiger partial charge is 0.481 e. The summed E-state index contributed by atoms with van der Waals surface area (Å²) in [5.74, 6) is -1.39. The topological polar surface area (TPSA) is 123 Å². The molecule has 7 unspecified atom stereocenters. The third-order valence-corrected chi connectivity index (χ3v) is 12.0. The number of hydrogen-bond donors (Lipinski definition) is 2. The molecule has 5 rings (SSSR count). The fourth-order valence-electron chi connectivity index (χ4n) is 10.3. The lowest BCUT2D eigenvalue weighted by Crippen LogP contribution is -2.64. The van der Waals surface area contributed by atoms with E-state index in [-0.39, 0.29) is 41.4 Å². The van der Waals surface area contributed by atoms with Crippen molar-refractivity contribution in [1.29, 1.82) is 0 Å². The van der Waals surface area contributed by atoms with Gasteiger partial charge in [0.05, 0.1) is 31.8 Å². The highest BCUT2D eigenvalue weighted by molar-refractivity contribution is 5.97. The Bertz CT molecular complexity index is 1070. The molecule has 0 radical (unpaired) electrons. The van der Waals surface area contributed by atoms with Gasteiger partial charge < -0.3 is 24.4 Å². The van der Waals surface area contributed by atoms with Crippen LogP contribution in [0.1, 0.15) is 79.6 Å². The molecule has 9 nitrogen and oxygen atoms in total. The molecule has 4 aliphatic carbocycles. The van der Waals surface area contributed by atoms with E-state index in [1.165, 1.54) is 0 Å². The molecule has 0 aromatic rings. The zero-order valence-electron chi connectivity index (χ0n) is 26.7. The highest BCUT2D eigenvalue weighted by Gasteiger charge is 2.64. The van der Waals surface area contributed by atoms with E-state index in [0.29, 0.717) is 32.2 Å². The highest BCUT2D eigenvalue weighted by Crippen LogP contribution is 2.64. The number of carbonyl (C=O) groups excluding carboxylic acids is 1. The zero-order valence-corrected chi connectivity index (χ0v) is 26.7. The molecule has 43 heavy (non-hydrogen) atoms. The molecule has 242 valence electrons. The maximum Gasteiger partial charge on any atom is 0.506 e. The molecule has 4 fully saturated rings. The van der Waals surface area contributed by atoms with Crippen molar-refractivity contribution in [3.05, 3.63) is 11.6 Å². The highest BCUT2D eigenvalue weighted by atomic mass is 16.7. The van der Waals surface area contributed by atoms with E-state index >= 15 is 0 Å². The summed E-state index contributed by atoms with van der Waals surface area (Å²) in [4.78, 5) is 40.9. The Hall–Kier alpha value is -1.97. The molecule has 0 spiro atoms. The van der Waals surface area contributed by atoms with Crippen molar-refractivity contribution < 1.29 is 38.8 Å². The van der Waals surface area contributed by atoms with Crippen molar-refractivity contribution in [1.82, 2.24) is 4.90 Å². The van der Waals surface area contributed by atoms with Crippen molar-refractivity contribution in [3.63, 3.8) is 0 Å². The largest absolute Gasteiger partial charge is 0.506 e. The fraction of sp³-hybridized carbons (Fsp3) is 0.853. The lowest BCUT2D eigenvalue weighted by atomic mass is 9.45. The first-order chi connectivity index (χ1) is 20.6. The summed E-state index contributed by atoms with van der Waals surface area (Å²) in [5, 5.41) is 20.1. The van der Waals surface area contributed by atoms with Crippen LogP contribution in [0, 0.1) is 52.8 Å². The Morgan fingerprint density at radius 1 is 1.09 bits per heavy atom. The Balaban J connectivity index is 1.46. The van der Waals surface area contributed by atoms with Gasteiger partial charge in [0.15, 0.2) is 5.78 Å². The van der Waals surface area contributed by atoms with Crippen molar-refractivity contribution in [2.75, 3.05) is 32.9 Å². The summed E-state index contributed by atoms with van der Waals surface area (Å²) in [6.45, 7) is 13.9. The average molecular weight is 604 g/mol. The van der Waals surface area contributed by atoms with E-state index in [9.17, 15) is 24.6 Å². The summed E-state index contributed by atoms with van der Waals surface area (Å²) in [6, 6.07) is 0.232. The van der Waals surface area contributed by atoms with Crippen LogP contribution >= 0.6 is 0 Å². The van der Waals surface area contributed by atoms with E-state index in [1.807, 2.05) is 0 Å². The third-order valence-electron chi connectivity index (χ3n) is 12.0. The molecule has 5 aliphatic rings. The van der Waals surface area contributed by atoms with Gasteiger partial charge in [0.2, 0.25) is 0 Å². The van der Waals surface area contributed by atoms with Crippen molar-refractivity contribution in [2.45, 2.75) is 97.8 Å². The van der Waals surface area contributed by atoms with Gasteiger partial charge in [-0.15, -0.1) is 0 Å². The zero-order chi connectivity index (χ0) is 31.1. The molecule has 0 aromatic carbocycles. The van der Waals surface area contributed by atoms with Gasteiger partial charge in [-0.3, -0.25) is 14.5 Å². The summed E-state index contributed by atoms with van der Waals surface area (Å²) in [7, 11) is 0. The quantitative estimate of drug-likeness (QED) is 0.294. The molecule has 3 saturated carbocycles. The molecule has 2 N–H and O–H groups in total. The second-order valence-corrected chi connectivity index (χ2v) is 14.4. The monoisotopic (exact) mass is 603 g/mol. The van der Waals surface area contributed by atoms with Crippen LogP contribution in [-0.2, 0) is 23.8 Å². The van der Waals surface area contributed by atoms with E-state index < -0.39 is 41.6 Å². The molecule has 0 aromatic heterocycles. The van der Waals surface area contributed by atoms with Crippen LogP contribution in [0.3, 0.4) is 0 Å². The Morgan fingerprint density at radius 3 is 2.47 bits per heavy atom. The molecular formula is C34H53NO8. The number of carboxylic acids is 1. The number of hydrogen-bond acceptors (Lipinski definition) is 7. The Kier molecular flexibility index (Phi) is 9.94. The number of carboxylic acid groups (broad SMARTS) is 2. The van der Waals surface area contributed by atoms with Gasteiger partial charge in [0.1, 0.15) is 6.10 Å². The normalized spacial score (nSPS) is 39.4. The summed E-state index contributed by atoms with van der Waals surface area (Å²) < 4.78 is 18.5. The minimum Gasteiger partial charge on any atom is -0.481 e. The first-order valence-corrected chi connectivity index (χ1v) is 16.9. The lowest BCUT2D eigenvalue weighted by Gasteiger charge is -2.62. The molecule has 1 aliphatic heterocycles. The van der Waals surface area contributed by atoms with Gasteiger partial charge >= 0.3 is 12.1 Å². The van der Waals surface area contributed by atoms with E-state index in [1.54, 1.807) is 6.08 Å². The number of likely N-dealkylation sites (N-methyl/N-ethyl adjacent to an activating group) is 1. The first kappa shape index (κ1) is 32.4.